The molecule has 6 heteroatoms. The molecule has 0 aliphatic carbocycles. The molecule has 7 aromatic carbocycles. The molecule has 0 amide bonds. The van der Waals surface area contributed by atoms with Gasteiger partial charge in [0.1, 0.15) is 23.0 Å². The number of hydrogen-bond acceptors (Lipinski definition) is 6. The number of ether oxygens (including phenoxy) is 4. The molecule has 0 aliphatic heterocycles. The van der Waals surface area contributed by atoms with Gasteiger partial charge in [-0.1, -0.05) is 202 Å². The first-order valence-corrected chi connectivity index (χ1v) is 30.2. The molecule has 7 aromatic rings. The van der Waals surface area contributed by atoms with Crippen molar-refractivity contribution in [3.63, 3.8) is 0 Å². The Bertz CT molecular complexity index is 2880. The predicted molar refractivity (Wildman–Crippen MR) is 350 cm³/mol. The Morgan fingerprint density at radius 1 is 0.275 bits per heavy atom. The normalized spacial score (nSPS) is 11.8. The smallest absolute Gasteiger partial charge is 0.126 e. The van der Waals surface area contributed by atoms with E-state index in [1.807, 2.05) is 0 Å². The lowest BCUT2D eigenvalue weighted by molar-refractivity contribution is 0.401. The Labute approximate surface area is 481 Å². The summed E-state index contributed by atoms with van der Waals surface area (Å²) >= 11 is 0. The maximum atomic E-state index is 5.95. The second kappa shape index (κ2) is 32.8. The molecule has 0 aliphatic rings. The molecule has 0 atom stereocenters. The van der Waals surface area contributed by atoms with Crippen LogP contribution in [0.3, 0.4) is 0 Å². The molecule has 0 unspecified atom stereocenters. The van der Waals surface area contributed by atoms with Crippen molar-refractivity contribution in [1.82, 2.24) is 0 Å². The number of fused-ring (bicyclic) bond motifs is 2. The molecular formula is C74H92N2O4. The van der Waals surface area contributed by atoms with Crippen LogP contribution < -0.4 is 28.7 Å². The molecule has 0 saturated heterocycles. The highest BCUT2D eigenvalue weighted by atomic mass is 16.5. The minimum atomic E-state index is 0.790. The van der Waals surface area contributed by atoms with E-state index in [0.29, 0.717) is 0 Å². The number of unbranched alkanes of at least 4 members (excludes halogenated alkanes) is 12. The van der Waals surface area contributed by atoms with E-state index in [0.717, 1.165) is 93.7 Å². The van der Waals surface area contributed by atoms with Crippen LogP contribution in [0, 0.1) is 0 Å². The highest BCUT2D eigenvalue weighted by Crippen LogP contribution is 2.35. The average Bonchev–Trinajstić information content (AvgIpc) is 3.51. The fourth-order valence-electron chi connectivity index (χ4n) is 10.6. The van der Waals surface area contributed by atoms with E-state index in [9.17, 15) is 0 Å². The Balaban J connectivity index is 1.01. The van der Waals surface area contributed by atoms with E-state index in [2.05, 4.69) is 207 Å². The molecule has 0 aromatic heterocycles. The molecule has 0 saturated carbocycles. The predicted octanol–water partition coefficient (Wildman–Crippen LogP) is 20.6. The van der Waals surface area contributed by atoms with E-state index in [-0.39, 0.29) is 0 Å². The molecule has 0 N–H and O–H groups in total. The van der Waals surface area contributed by atoms with Crippen LogP contribution in [0.4, 0.5) is 11.4 Å². The van der Waals surface area contributed by atoms with Gasteiger partial charge in [-0.3, -0.25) is 0 Å². The van der Waals surface area contributed by atoms with Crippen LogP contribution in [0.25, 0.3) is 70.2 Å². The van der Waals surface area contributed by atoms with Gasteiger partial charge in [-0.2, -0.15) is 0 Å². The summed E-state index contributed by atoms with van der Waals surface area (Å²) in [6.45, 7) is 13.6. The first kappa shape index (κ1) is 60.5. The average molecular weight is 1070 g/mol. The van der Waals surface area contributed by atoms with E-state index in [1.165, 1.54) is 136 Å². The zero-order valence-electron chi connectivity index (χ0n) is 49.8. The second-order valence-electron chi connectivity index (χ2n) is 21.5. The number of anilines is 2. The Morgan fingerprint density at radius 3 is 0.825 bits per heavy atom. The van der Waals surface area contributed by atoms with Crippen LogP contribution in [-0.2, 0) is 0 Å². The van der Waals surface area contributed by atoms with Crippen LogP contribution in [-0.4, -0.2) is 54.6 Å². The maximum absolute atomic E-state index is 5.95. The van der Waals surface area contributed by atoms with Crippen LogP contribution in [0.1, 0.15) is 175 Å². The lowest BCUT2D eigenvalue weighted by Crippen LogP contribution is -2.25. The zero-order chi connectivity index (χ0) is 56.3. The van der Waals surface area contributed by atoms with Gasteiger partial charge < -0.3 is 28.7 Å². The SMILES string of the molecule is CCCCCCN(CCCCCC)c1ccc(/C=C/c2cc(OC)c(/C=C/c3ccc4cc5cc(/C=C/c6cc(OC)c(/C=C/c7ccc(N(CCCCCC)CCCCCC)cc7)cc6OC)ccc5cc4c3)cc2OC)cc1. The molecule has 0 bridgehead atoms. The monoisotopic (exact) mass is 1070 g/mol. The third-order valence-electron chi connectivity index (χ3n) is 15.5. The molecule has 0 fully saturated rings. The highest BCUT2D eigenvalue weighted by Gasteiger charge is 2.13. The maximum Gasteiger partial charge on any atom is 0.126 e. The van der Waals surface area contributed by atoms with Gasteiger partial charge in [0.2, 0.25) is 0 Å². The summed E-state index contributed by atoms with van der Waals surface area (Å²) < 4.78 is 23.8. The molecule has 7 rings (SSSR count). The molecule has 0 radical (unpaired) electrons. The minimum Gasteiger partial charge on any atom is -0.496 e. The lowest BCUT2D eigenvalue weighted by Gasteiger charge is -2.25. The van der Waals surface area contributed by atoms with Gasteiger partial charge in [0.25, 0.3) is 0 Å². The molecular weight excluding hydrogens is 981 g/mol. The number of rotatable bonds is 34. The standard InChI is InChI=1S/C74H92N2O4/c1-9-13-17-21-45-75(46-22-18-14-10-2)69-41-31-57(32-42-69)25-37-63-53-73(79-7)65(55-71(63)77-5)39-29-59-27-35-61-52-68-50-60(28-36-62(68)51-67(61)49-59)30-40-66-56-72(78-6)64(54-74(66)80-8)38-26-58-33-43-70(44-34-58)76(47-23-19-15-11-3)48-24-20-16-12-4/h25-44,49-56H,9-24,45-48H2,1-8H3/b37-25+,38-26+,39-29+,40-30+. The molecule has 422 valence electrons. The fourth-order valence-corrected chi connectivity index (χ4v) is 10.6. The summed E-state index contributed by atoms with van der Waals surface area (Å²) in [6.07, 6.45) is 37.5. The van der Waals surface area contributed by atoms with Gasteiger partial charge in [-0.25, -0.2) is 0 Å². The molecule has 80 heavy (non-hydrogen) atoms. The largest absolute Gasteiger partial charge is 0.496 e. The molecule has 6 nitrogen and oxygen atoms in total. The first-order valence-electron chi connectivity index (χ1n) is 30.2. The van der Waals surface area contributed by atoms with Gasteiger partial charge in [0.15, 0.2) is 0 Å². The van der Waals surface area contributed by atoms with Crippen molar-refractivity contribution in [2.24, 2.45) is 0 Å². The van der Waals surface area contributed by atoms with Gasteiger partial charge in [0.05, 0.1) is 28.4 Å². The first-order chi connectivity index (χ1) is 39.3. The van der Waals surface area contributed by atoms with Crippen LogP contribution in [0.5, 0.6) is 23.0 Å². The Morgan fingerprint density at radius 2 is 0.550 bits per heavy atom. The summed E-state index contributed by atoms with van der Waals surface area (Å²) in [7, 11) is 6.92. The van der Waals surface area contributed by atoms with Crippen LogP contribution in [0.15, 0.2) is 121 Å². The number of benzene rings is 7. The van der Waals surface area contributed by atoms with Crippen molar-refractivity contribution in [3.8, 4) is 23.0 Å². The number of hydrogen-bond donors (Lipinski definition) is 0. The quantitative estimate of drug-likeness (QED) is 0.0228. The van der Waals surface area contributed by atoms with E-state index in [4.69, 9.17) is 18.9 Å². The summed E-state index contributed by atoms with van der Waals surface area (Å²) in [4.78, 5) is 5.17. The Kier molecular flexibility index (Phi) is 24.8. The van der Waals surface area contributed by atoms with E-state index >= 15 is 0 Å². The van der Waals surface area contributed by atoms with Crippen molar-refractivity contribution in [1.29, 1.82) is 0 Å². The van der Waals surface area contributed by atoms with Crippen LogP contribution in [0.2, 0.25) is 0 Å². The number of methoxy groups -OCH3 is 4. The van der Waals surface area contributed by atoms with E-state index in [1.54, 1.807) is 28.4 Å². The molecule has 0 spiro atoms. The fraction of sp³-hybridized carbons (Fsp3) is 0.378. The van der Waals surface area contributed by atoms with Crippen molar-refractivity contribution in [3.05, 3.63) is 166 Å². The third-order valence-corrected chi connectivity index (χ3v) is 15.5. The topological polar surface area (TPSA) is 43.4 Å². The third kappa shape index (κ3) is 17.9. The van der Waals surface area contributed by atoms with Gasteiger partial charge in [-0.05, 0) is 142 Å². The van der Waals surface area contributed by atoms with Gasteiger partial charge in [0, 0.05) is 59.8 Å². The van der Waals surface area contributed by atoms with Crippen molar-refractivity contribution < 1.29 is 18.9 Å². The summed E-state index contributed by atoms with van der Waals surface area (Å²) in [5, 5.41) is 4.74. The lowest BCUT2D eigenvalue weighted by atomic mass is 9.99. The second-order valence-corrected chi connectivity index (χ2v) is 21.5. The van der Waals surface area contributed by atoms with Crippen molar-refractivity contribution >= 4 is 81.5 Å². The number of nitrogens with zero attached hydrogens (tertiary/aromatic N) is 2. The van der Waals surface area contributed by atoms with Crippen LogP contribution >= 0.6 is 0 Å². The summed E-state index contributed by atoms with van der Waals surface area (Å²) in [6, 6.07) is 44.1. The van der Waals surface area contributed by atoms with Gasteiger partial charge in [-0.15, -0.1) is 0 Å². The van der Waals surface area contributed by atoms with Crippen molar-refractivity contribution in [2.45, 2.75) is 130 Å². The molecule has 0 heterocycles. The van der Waals surface area contributed by atoms with Crippen molar-refractivity contribution in [2.75, 3.05) is 64.4 Å². The van der Waals surface area contributed by atoms with Gasteiger partial charge >= 0.3 is 0 Å². The summed E-state index contributed by atoms with van der Waals surface area (Å²) in [5.41, 5.74) is 11.0. The minimum absolute atomic E-state index is 0.790. The highest BCUT2D eigenvalue weighted by molar-refractivity contribution is 6.00. The Hall–Kier alpha value is -7.18. The summed E-state index contributed by atoms with van der Waals surface area (Å²) in [5.74, 6) is 3.17. The van der Waals surface area contributed by atoms with E-state index < -0.39 is 0 Å². The zero-order valence-corrected chi connectivity index (χ0v) is 49.8.